The molecule has 8 heteroatoms. The number of imidazole rings is 1. The van der Waals surface area contributed by atoms with Crippen molar-refractivity contribution in [3.05, 3.63) is 46.6 Å². The van der Waals surface area contributed by atoms with Gasteiger partial charge in [-0.25, -0.2) is 9.78 Å². The summed E-state index contributed by atoms with van der Waals surface area (Å²) in [5.74, 6) is -0.393. The van der Waals surface area contributed by atoms with E-state index in [2.05, 4.69) is 15.9 Å². The Balaban J connectivity index is 1.77. The molecule has 3 heterocycles. The number of aryl methyl sites for hydroxylation is 1. The number of aromatic nitrogens is 2. The number of nitrogens with zero attached hydrogens (tertiary/aromatic N) is 3. The molecule has 1 aliphatic heterocycles. The highest BCUT2D eigenvalue weighted by molar-refractivity contribution is 6.31. The largest absolute Gasteiger partial charge is 0.461 e. The monoisotopic (exact) mass is 321 g/mol. The molecule has 7 nitrogen and oxygen atoms in total. The second kappa shape index (κ2) is 5.86. The average molecular weight is 322 g/mol. The van der Waals surface area contributed by atoms with Crippen LogP contribution < -0.4 is 11.0 Å². The Morgan fingerprint density at radius 3 is 3.05 bits per heavy atom. The average Bonchev–Trinajstić information content (AvgIpc) is 3.11. The zero-order valence-corrected chi connectivity index (χ0v) is 13.0. The summed E-state index contributed by atoms with van der Waals surface area (Å²) in [5, 5.41) is 2.42. The van der Waals surface area contributed by atoms with Crippen molar-refractivity contribution in [2.45, 2.75) is 20.4 Å². The summed E-state index contributed by atoms with van der Waals surface area (Å²) in [4.78, 5) is 16.1. The van der Waals surface area contributed by atoms with Crippen molar-refractivity contribution in [3.63, 3.8) is 0 Å². The number of hydrazine groups is 2. The van der Waals surface area contributed by atoms with Crippen molar-refractivity contribution in [2.75, 3.05) is 6.61 Å². The minimum Gasteiger partial charge on any atom is -0.461 e. The van der Waals surface area contributed by atoms with E-state index in [1.807, 2.05) is 29.7 Å². The molecule has 1 aliphatic rings. The van der Waals surface area contributed by atoms with Crippen LogP contribution in [-0.2, 0) is 16.1 Å². The zero-order chi connectivity index (χ0) is 15.7. The van der Waals surface area contributed by atoms with E-state index < -0.39 is 5.97 Å². The van der Waals surface area contributed by atoms with Crippen molar-refractivity contribution >= 4 is 23.2 Å². The molecule has 0 saturated heterocycles. The summed E-state index contributed by atoms with van der Waals surface area (Å²) in [6.07, 6.45) is 3.58. The van der Waals surface area contributed by atoms with Crippen LogP contribution in [0.5, 0.6) is 0 Å². The minimum atomic E-state index is -0.393. The highest BCUT2D eigenvalue weighted by Crippen LogP contribution is 2.18. The van der Waals surface area contributed by atoms with Crippen LogP contribution in [-0.4, -0.2) is 27.0 Å². The Hall–Kier alpha value is -2.25. The van der Waals surface area contributed by atoms with Gasteiger partial charge in [0.1, 0.15) is 5.65 Å². The van der Waals surface area contributed by atoms with Crippen LogP contribution in [0.4, 0.5) is 0 Å². The van der Waals surface area contributed by atoms with Gasteiger partial charge in [-0.3, -0.25) is 10.4 Å². The number of carbonyl (C=O) groups is 1. The molecule has 0 aliphatic carbocycles. The predicted octanol–water partition coefficient (Wildman–Crippen LogP) is 1.53. The molecule has 0 amide bonds. The van der Waals surface area contributed by atoms with Crippen LogP contribution in [0.2, 0.25) is 5.02 Å². The maximum atomic E-state index is 11.6. The van der Waals surface area contributed by atoms with Crippen LogP contribution in [0.3, 0.4) is 0 Å². The lowest BCUT2D eigenvalue weighted by molar-refractivity contribution is -0.138. The van der Waals surface area contributed by atoms with Gasteiger partial charge in [0, 0.05) is 11.9 Å². The number of halogens is 1. The Bertz CT molecular complexity index is 755. The molecule has 0 bridgehead atoms. The van der Waals surface area contributed by atoms with E-state index in [0.29, 0.717) is 23.9 Å². The molecule has 0 aromatic carbocycles. The Labute approximate surface area is 132 Å². The smallest absolute Gasteiger partial charge is 0.357 e. The van der Waals surface area contributed by atoms with E-state index >= 15 is 0 Å². The van der Waals surface area contributed by atoms with Crippen LogP contribution in [0.25, 0.3) is 5.65 Å². The van der Waals surface area contributed by atoms with Crippen LogP contribution in [0, 0.1) is 6.92 Å². The van der Waals surface area contributed by atoms with Gasteiger partial charge in [-0.2, -0.15) is 0 Å². The summed E-state index contributed by atoms with van der Waals surface area (Å²) in [6.45, 7) is 4.54. The summed E-state index contributed by atoms with van der Waals surface area (Å²) in [5.41, 5.74) is 8.64. The summed E-state index contributed by atoms with van der Waals surface area (Å²) >= 11 is 6.11. The Morgan fingerprint density at radius 1 is 1.45 bits per heavy atom. The summed E-state index contributed by atoms with van der Waals surface area (Å²) in [6, 6.07) is 3.70. The second-order valence-electron chi connectivity index (χ2n) is 4.86. The normalized spacial score (nSPS) is 14.1. The van der Waals surface area contributed by atoms with E-state index in [4.69, 9.17) is 16.3 Å². The molecule has 0 fully saturated rings. The first-order chi connectivity index (χ1) is 10.6. The van der Waals surface area contributed by atoms with E-state index in [1.165, 1.54) is 0 Å². The third kappa shape index (κ3) is 2.72. The summed E-state index contributed by atoms with van der Waals surface area (Å²) in [7, 11) is 0. The minimum absolute atomic E-state index is 0.338. The second-order valence-corrected chi connectivity index (χ2v) is 5.26. The number of pyridine rings is 1. The van der Waals surface area contributed by atoms with Gasteiger partial charge in [0.25, 0.3) is 0 Å². The van der Waals surface area contributed by atoms with Crippen molar-refractivity contribution in [1.29, 1.82) is 0 Å². The molecular formula is C14H16ClN5O2. The molecule has 2 aromatic heterocycles. The number of fused-ring (bicyclic) bond motifs is 1. The van der Waals surface area contributed by atoms with Gasteiger partial charge in [-0.15, -0.1) is 5.53 Å². The van der Waals surface area contributed by atoms with E-state index in [9.17, 15) is 4.79 Å². The van der Waals surface area contributed by atoms with E-state index in [1.54, 1.807) is 18.1 Å². The highest BCUT2D eigenvalue weighted by atomic mass is 35.5. The quantitative estimate of drug-likeness (QED) is 0.832. The first kappa shape index (κ1) is 14.7. The molecule has 3 rings (SSSR count). The highest BCUT2D eigenvalue weighted by Gasteiger charge is 2.19. The topological polar surface area (TPSA) is 70.9 Å². The molecule has 116 valence electrons. The van der Waals surface area contributed by atoms with E-state index in [0.717, 1.165) is 17.0 Å². The first-order valence-electron chi connectivity index (χ1n) is 6.89. The molecule has 2 N–H and O–H groups in total. The molecule has 0 unspecified atom stereocenters. The molecule has 0 saturated carbocycles. The number of hydrogen-bond donors (Lipinski definition) is 2. The standard InChI is InChI=1S/C14H16ClN5O2/c1-3-22-14(21)12-8-19(18-17-12)6-10-7-20-9(2)11(15)4-5-13(20)16-10/h4-5,7-8,17-18H,3,6H2,1-2H3. The molecular weight excluding hydrogens is 306 g/mol. The van der Waals surface area contributed by atoms with Gasteiger partial charge in [-0.1, -0.05) is 11.6 Å². The van der Waals surface area contributed by atoms with Crippen LogP contribution in [0.15, 0.2) is 30.2 Å². The van der Waals surface area contributed by atoms with Crippen molar-refractivity contribution in [3.8, 4) is 0 Å². The lowest BCUT2D eigenvalue weighted by atomic mass is 10.4. The van der Waals surface area contributed by atoms with Crippen LogP contribution in [0.1, 0.15) is 18.3 Å². The van der Waals surface area contributed by atoms with Gasteiger partial charge in [0.15, 0.2) is 5.70 Å². The molecule has 0 spiro atoms. The SMILES string of the molecule is CCOC(=O)C1=CN(Cc2cn3c(C)c(Cl)ccc3n2)NN1. The zero-order valence-electron chi connectivity index (χ0n) is 12.3. The molecule has 0 atom stereocenters. The predicted molar refractivity (Wildman–Crippen MR) is 81.5 cm³/mol. The van der Waals surface area contributed by atoms with Crippen molar-refractivity contribution < 1.29 is 9.53 Å². The van der Waals surface area contributed by atoms with Crippen molar-refractivity contribution in [1.82, 2.24) is 25.4 Å². The van der Waals surface area contributed by atoms with Gasteiger partial charge < -0.3 is 9.14 Å². The third-order valence-corrected chi connectivity index (χ3v) is 3.72. The Morgan fingerprint density at radius 2 is 2.27 bits per heavy atom. The maximum absolute atomic E-state index is 11.6. The van der Waals surface area contributed by atoms with Gasteiger partial charge in [-0.05, 0) is 26.0 Å². The van der Waals surface area contributed by atoms with Gasteiger partial charge in [0.05, 0.1) is 30.1 Å². The molecule has 0 radical (unpaired) electrons. The maximum Gasteiger partial charge on any atom is 0.357 e. The first-order valence-corrected chi connectivity index (χ1v) is 7.26. The van der Waals surface area contributed by atoms with Crippen molar-refractivity contribution in [2.24, 2.45) is 0 Å². The molecule has 2 aromatic rings. The number of hydrogen-bond acceptors (Lipinski definition) is 6. The van der Waals surface area contributed by atoms with E-state index in [-0.39, 0.29) is 0 Å². The number of nitrogens with one attached hydrogen (secondary N) is 2. The number of ether oxygens (including phenoxy) is 1. The van der Waals surface area contributed by atoms with Gasteiger partial charge in [0.2, 0.25) is 0 Å². The number of esters is 1. The fourth-order valence-corrected chi connectivity index (χ4v) is 2.37. The fraction of sp³-hybridized carbons (Fsp3) is 0.286. The van der Waals surface area contributed by atoms with Gasteiger partial charge >= 0.3 is 5.97 Å². The number of carbonyl (C=O) groups excluding carboxylic acids is 1. The third-order valence-electron chi connectivity index (χ3n) is 3.32. The lowest BCUT2D eigenvalue weighted by Crippen LogP contribution is -2.37. The Kier molecular flexibility index (Phi) is 3.91. The summed E-state index contributed by atoms with van der Waals surface area (Å²) < 4.78 is 6.87. The lowest BCUT2D eigenvalue weighted by Gasteiger charge is -2.12. The van der Waals surface area contributed by atoms with Crippen LogP contribution >= 0.6 is 11.6 Å². The molecule has 22 heavy (non-hydrogen) atoms. The fourth-order valence-electron chi connectivity index (χ4n) is 2.22. The number of rotatable bonds is 4.